The predicted molar refractivity (Wildman–Crippen MR) is 98.6 cm³/mol. The van der Waals surface area contributed by atoms with Crippen molar-refractivity contribution in [2.75, 3.05) is 13.1 Å². The van der Waals surface area contributed by atoms with E-state index in [1.807, 2.05) is 0 Å². The molecule has 1 aromatic carbocycles. The number of hydrogen-bond donors (Lipinski definition) is 1. The van der Waals surface area contributed by atoms with Crippen LogP contribution in [-0.4, -0.2) is 40.3 Å². The highest BCUT2D eigenvalue weighted by Crippen LogP contribution is 2.44. The van der Waals surface area contributed by atoms with Crippen molar-refractivity contribution in [2.24, 2.45) is 11.8 Å². The zero-order valence-electron chi connectivity index (χ0n) is 14.8. The Kier molecular flexibility index (Phi) is 4.88. The molecule has 0 unspecified atom stereocenters. The number of rotatable bonds is 5. The lowest BCUT2D eigenvalue weighted by atomic mass is 9.96. The molecule has 2 aliphatic carbocycles. The summed E-state index contributed by atoms with van der Waals surface area (Å²) in [6.07, 6.45) is 7.17. The fourth-order valence-corrected chi connectivity index (χ4v) is 7.54. The Morgan fingerprint density at radius 3 is 2.08 bits per heavy atom. The molecule has 1 aliphatic heterocycles. The molecule has 3 atom stereocenters. The number of sulfonamides is 2. The summed E-state index contributed by atoms with van der Waals surface area (Å²) in [6, 6.07) is 5.67. The summed E-state index contributed by atoms with van der Waals surface area (Å²) in [5, 5.41) is 0. The maximum atomic E-state index is 12.7. The molecule has 2 bridgehead atoms. The molecule has 26 heavy (non-hydrogen) atoms. The lowest BCUT2D eigenvalue weighted by Crippen LogP contribution is -2.38. The van der Waals surface area contributed by atoms with Gasteiger partial charge in [0, 0.05) is 19.1 Å². The molecular formula is C18H26N2O4S2. The molecule has 1 N–H and O–H groups in total. The second-order valence-corrected chi connectivity index (χ2v) is 11.5. The molecule has 6 nitrogen and oxygen atoms in total. The van der Waals surface area contributed by atoms with Crippen LogP contribution in [-0.2, 0) is 20.0 Å². The molecule has 3 fully saturated rings. The third kappa shape index (κ3) is 3.44. The van der Waals surface area contributed by atoms with Crippen LogP contribution in [0.15, 0.2) is 34.1 Å². The third-order valence-corrected chi connectivity index (χ3v) is 9.55. The first-order valence-electron chi connectivity index (χ1n) is 9.49. The standard InChI is InChI=1S/C18H26N2O4S2/c21-25(22,19-18-13-14-4-5-15(18)12-14)16-6-8-17(9-7-16)26(23,24)20-10-2-1-3-11-20/h6-9,14-15,18-19H,1-5,10-13H2/t14-,15+,18+/m1/s1. The summed E-state index contributed by atoms with van der Waals surface area (Å²) in [4.78, 5) is 0.302. The minimum absolute atomic E-state index is 0.0236. The molecule has 2 saturated carbocycles. The van der Waals surface area contributed by atoms with Gasteiger partial charge in [-0.05, 0) is 68.2 Å². The SMILES string of the molecule is O=S(=O)(N[C@H]1C[C@@H]2CC[C@H]1C2)c1ccc(S(=O)(=O)N2CCCCC2)cc1. The van der Waals surface area contributed by atoms with Gasteiger partial charge in [-0.25, -0.2) is 21.6 Å². The summed E-state index contributed by atoms with van der Waals surface area (Å²) in [7, 11) is -7.15. The topological polar surface area (TPSA) is 83.5 Å². The van der Waals surface area contributed by atoms with E-state index >= 15 is 0 Å². The smallest absolute Gasteiger partial charge is 0.208 e. The van der Waals surface area contributed by atoms with Crippen molar-refractivity contribution in [3.63, 3.8) is 0 Å². The zero-order chi connectivity index (χ0) is 18.4. The second kappa shape index (κ2) is 6.89. The molecule has 4 rings (SSSR count). The predicted octanol–water partition coefficient (Wildman–Crippen LogP) is 2.33. The molecule has 0 spiro atoms. The monoisotopic (exact) mass is 398 g/mol. The largest absolute Gasteiger partial charge is 0.243 e. The first-order valence-corrected chi connectivity index (χ1v) is 12.4. The minimum Gasteiger partial charge on any atom is -0.208 e. The van der Waals surface area contributed by atoms with Crippen molar-refractivity contribution >= 4 is 20.0 Å². The van der Waals surface area contributed by atoms with E-state index in [1.54, 1.807) is 0 Å². The minimum atomic E-state index is -3.61. The Morgan fingerprint density at radius 1 is 0.846 bits per heavy atom. The lowest BCUT2D eigenvalue weighted by molar-refractivity contribution is 0.346. The van der Waals surface area contributed by atoms with E-state index in [0.717, 1.165) is 38.5 Å². The van der Waals surface area contributed by atoms with E-state index in [9.17, 15) is 16.8 Å². The first-order chi connectivity index (χ1) is 12.4. The molecule has 8 heteroatoms. The third-order valence-electron chi connectivity index (χ3n) is 6.13. The van der Waals surface area contributed by atoms with Gasteiger partial charge in [0.25, 0.3) is 0 Å². The Bertz CT molecular complexity index is 859. The van der Waals surface area contributed by atoms with E-state index in [2.05, 4.69) is 4.72 Å². The van der Waals surface area contributed by atoms with Crippen LogP contribution in [0.5, 0.6) is 0 Å². The Labute approximate surface area is 156 Å². The summed E-state index contributed by atoms with van der Waals surface area (Å²) < 4.78 is 55.0. The van der Waals surface area contributed by atoms with Crippen molar-refractivity contribution in [2.45, 2.75) is 60.8 Å². The molecular weight excluding hydrogens is 372 g/mol. The van der Waals surface area contributed by atoms with Crippen LogP contribution in [0.4, 0.5) is 0 Å². The van der Waals surface area contributed by atoms with Crippen LogP contribution < -0.4 is 4.72 Å². The maximum Gasteiger partial charge on any atom is 0.243 e. The molecule has 1 aromatic rings. The molecule has 144 valence electrons. The van der Waals surface area contributed by atoms with Gasteiger partial charge in [-0.2, -0.15) is 4.31 Å². The number of benzene rings is 1. The van der Waals surface area contributed by atoms with Crippen LogP contribution in [0.25, 0.3) is 0 Å². The summed E-state index contributed by atoms with van der Waals surface area (Å²) in [6.45, 7) is 1.07. The molecule has 1 heterocycles. The Morgan fingerprint density at radius 2 is 1.50 bits per heavy atom. The maximum absolute atomic E-state index is 12.7. The van der Waals surface area contributed by atoms with E-state index < -0.39 is 20.0 Å². The van der Waals surface area contributed by atoms with Gasteiger partial charge in [0.05, 0.1) is 9.79 Å². The highest BCUT2D eigenvalue weighted by Gasteiger charge is 2.41. The van der Waals surface area contributed by atoms with Crippen LogP contribution >= 0.6 is 0 Å². The van der Waals surface area contributed by atoms with Crippen molar-refractivity contribution < 1.29 is 16.8 Å². The van der Waals surface area contributed by atoms with Gasteiger partial charge in [0.1, 0.15) is 0 Å². The van der Waals surface area contributed by atoms with Gasteiger partial charge in [-0.1, -0.05) is 12.8 Å². The molecule has 3 aliphatic rings. The van der Waals surface area contributed by atoms with Gasteiger partial charge in [-0.3, -0.25) is 0 Å². The van der Waals surface area contributed by atoms with Gasteiger partial charge in [-0.15, -0.1) is 0 Å². The van der Waals surface area contributed by atoms with E-state index in [0.29, 0.717) is 24.9 Å². The molecule has 0 aromatic heterocycles. The van der Waals surface area contributed by atoms with Crippen molar-refractivity contribution in [3.05, 3.63) is 24.3 Å². The molecule has 0 amide bonds. The summed E-state index contributed by atoms with van der Waals surface area (Å²) >= 11 is 0. The van der Waals surface area contributed by atoms with Gasteiger partial charge in [0.15, 0.2) is 0 Å². The number of nitrogens with one attached hydrogen (secondary N) is 1. The van der Waals surface area contributed by atoms with Crippen molar-refractivity contribution in [3.8, 4) is 0 Å². The molecule has 1 saturated heterocycles. The van der Waals surface area contributed by atoms with E-state index in [-0.39, 0.29) is 15.8 Å². The Hall–Kier alpha value is -0.960. The van der Waals surface area contributed by atoms with E-state index in [1.165, 1.54) is 35.0 Å². The number of piperidine rings is 1. The van der Waals surface area contributed by atoms with Gasteiger partial charge < -0.3 is 0 Å². The first kappa shape index (κ1) is 18.4. The average molecular weight is 399 g/mol. The quantitative estimate of drug-likeness (QED) is 0.825. The highest BCUT2D eigenvalue weighted by atomic mass is 32.2. The number of fused-ring (bicyclic) bond motifs is 2. The van der Waals surface area contributed by atoms with Crippen molar-refractivity contribution in [1.82, 2.24) is 9.03 Å². The Balaban J connectivity index is 1.50. The zero-order valence-corrected chi connectivity index (χ0v) is 16.4. The van der Waals surface area contributed by atoms with Crippen LogP contribution in [0.2, 0.25) is 0 Å². The fourth-order valence-electron chi connectivity index (χ4n) is 4.70. The molecule has 0 radical (unpaired) electrons. The second-order valence-electron chi connectivity index (χ2n) is 7.84. The van der Waals surface area contributed by atoms with Crippen molar-refractivity contribution in [1.29, 1.82) is 0 Å². The van der Waals surface area contributed by atoms with Crippen LogP contribution in [0.1, 0.15) is 44.9 Å². The highest BCUT2D eigenvalue weighted by molar-refractivity contribution is 7.89. The van der Waals surface area contributed by atoms with Gasteiger partial charge in [0.2, 0.25) is 20.0 Å². The fraction of sp³-hybridized carbons (Fsp3) is 0.667. The number of hydrogen-bond acceptors (Lipinski definition) is 4. The number of nitrogens with zero attached hydrogens (tertiary/aromatic N) is 1. The summed E-state index contributed by atoms with van der Waals surface area (Å²) in [5.41, 5.74) is 0. The van der Waals surface area contributed by atoms with E-state index in [4.69, 9.17) is 0 Å². The lowest BCUT2D eigenvalue weighted by Gasteiger charge is -2.26. The van der Waals surface area contributed by atoms with Gasteiger partial charge >= 0.3 is 0 Å². The van der Waals surface area contributed by atoms with Crippen LogP contribution in [0.3, 0.4) is 0 Å². The summed E-state index contributed by atoms with van der Waals surface area (Å²) in [5.74, 6) is 1.11. The average Bonchev–Trinajstić information content (AvgIpc) is 3.25. The normalized spacial score (nSPS) is 29.9. The van der Waals surface area contributed by atoms with Crippen LogP contribution in [0, 0.1) is 11.8 Å².